The smallest absolute Gasteiger partial charge is 0.338 e. The highest BCUT2D eigenvalue weighted by Crippen LogP contribution is 2.26. The fourth-order valence-corrected chi connectivity index (χ4v) is 2.16. The van der Waals surface area contributed by atoms with Crippen molar-refractivity contribution in [1.29, 1.82) is 0 Å². The Morgan fingerprint density at radius 2 is 2.17 bits per heavy atom. The molecule has 0 fully saturated rings. The molecule has 6 heteroatoms. The van der Waals surface area contributed by atoms with Crippen molar-refractivity contribution in [2.24, 2.45) is 0 Å². The molecule has 1 N–H and O–H groups in total. The van der Waals surface area contributed by atoms with Gasteiger partial charge in [0.25, 0.3) is 0 Å². The summed E-state index contributed by atoms with van der Waals surface area (Å²) < 4.78 is 18.0. The first-order chi connectivity index (χ1) is 8.45. The fraction of sp³-hybridized carbons (Fsp3) is 0.333. The van der Waals surface area contributed by atoms with E-state index in [0.29, 0.717) is 4.90 Å². The van der Waals surface area contributed by atoms with E-state index in [4.69, 9.17) is 9.84 Å². The minimum absolute atomic E-state index is 0.285. The van der Waals surface area contributed by atoms with Crippen LogP contribution in [0.15, 0.2) is 23.1 Å². The first kappa shape index (κ1) is 14.5. The van der Waals surface area contributed by atoms with Gasteiger partial charge in [-0.05, 0) is 32.0 Å². The van der Waals surface area contributed by atoms with Crippen molar-refractivity contribution in [3.05, 3.63) is 29.6 Å². The van der Waals surface area contributed by atoms with Gasteiger partial charge in [0.05, 0.1) is 12.2 Å². The molecule has 0 aliphatic carbocycles. The predicted octanol–water partition coefficient (Wildman–Crippen LogP) is 2.57. The van der Waals surface area contributed by atoms with Gasteiger partial charge in [-0.2, -0.15) is 0 Å². The topological polar surface area (TPSA) is 63.6 Å². The van der Waals surface area contributed by atoms with Gasteiger partial charge in [-0.3, -0.25) is 4.79 Å². The van der Waals surface area contributed by atoms with E-state index >= 15 is 0 Å². The molecule has 0 heterocycles. The maximum atomic E-state index is 13.2. The van der Waals surface area contributed by atoms with Crippen LogP contribution in [0, 0.1) is 5.82 Å². The first-order valence-electron chi connectivity index (χ1n) is 5.31. The van der Waals surface area contributed by atoms with E-state index in [-0.39, 0.29) is 12.6 Å². The molecular formula is C12H13FO4S. The molecule has 18 heavy (non-hydrogen) atoms. The zero-order valence-electron chi connectivity index (χ0n) is 9.97. The van der Waals surface area contributed by atoms with Crippen molar-refractivity contribution >= 4 is 23.7 Å². The van der Waals surface area contributed by atoms with Gasteiger partial charge in [0, 0.05) is 4.90 Å². The molecule has 0 aliphatic rings. The molecule has 1 rings (SSSR count). The van der Waals surface area contributed by atoms with Crippen LogP contribution < -0.4 is 0 Å². The van der Waals surface area contributed by atoms with E-state index in [2.05, 4.69) is 0 Å². The highest BCUT2D eigenvalue weighted by Gasteiger charge is 2.17. The molecular weight excluding hydrogens is 259 g/mol. The lowest BCUT2D eigenvalue weighted by Crippen LogP contribution is -2.16. The van der Waals surface area contributed by atoms with E-state index in [1.807, 2.05) is 0 Å². The lowest BCUT2D eigenvalue weighted by Gasteiger charge is -2.10. The lowest BCUT2D eigenvalue weighted by molar-refractivity contribution is -0.142. The number of carboxylic acids is 1. The quantitative estimate of drug-likeness (QED) is 0.659. The summed E-state index contributed by atoms with van der Waals surface area (Å²) in [7, 11) is 0. The zero-order chi connectivity index (χ0) is 13.7. The van der Waals surface area contributed by atoms with Crippen LogP contribution in [-0.4, -0.2) is 28.9 Å². The second-order valence-electron chi connectivity index (χ2n) is 3.46. The van der Waals surface area contributed by atoms with E-state index in [9.17, 15) is 14.0 Å². The monoisotopic (exact) mass is 272 g/mol. The van der Waals surface area contributed by atoms with Crippen LogP contribution in [0.1, 0.15) is 24.2 Å². The van der Waals surface area contributed by atoms with E-state index in [1.54, 1.807) is 13.8 Å². The second kappa shape index (κ2) is 6.39. The minimum atomic E-state index is -1.33. The zero-order valence-corrected chi connectivity index (χ0v) is 10.8. The average molecular weight is 272 g/mol. The molecule has 0 bridgehead atoms. The summed E-state index contributed by atoms with van der Waals surface area (Å²) in [4.78, 5) is 22.7. The number of rotatable bonds is 5. The van der Waals surface area contributed by atoms with Gasteiger partial charge in [0.15, 0.2) is 0 Å². The van der Waals surface area contributed by atoms with Gasteiger partial charge < -0.3 is 9.84 Å². The number of benzene rings is 1. The summed E-state index contributed by atoms with van der Waals surface area (Å²) in [5.41, 5.74) is -0.406. The normalized spacial score (nSPS) is 11.9. The molecule has 1 aromatic rings. The molecule has 0 radical (unpaired) electrons. The third kappa shape index (κ3) is 3.73. The van der Waals surface area contributed by atoms with Crippen LogP contribution in [0.3, 0.4) is 0 Å². The number of carbonyl (C=O) groups excluding carboxylic acids is 1. The largest absolute Gasteiger partial charge is 0.478 e. The SMILES string of the molecule is CCOC(=O)C(C)Sc1ccc(F)c(C(=O)O)c1. The molecule has 0 amide bonds. The number of hydrogen-bond acceptors (Lipinski definition) is 4. The summed E-state index contributed by atoms with van der Waals surface area (Å²) in [5.74, 6) is -2.52. The van der Waals surface area contributed by atoms with Crippen molar-refractivity contribution in [3.8, 4) is 0 Å². The highest BCUT2D eigenvalue weighted by molar-refractivity contribution is 8.00. The third-order valence-corrected chi connectivity index (χ3v) is 3.17. The molecule has 98 valence electrons. The molecule has 1 unspecified atom stereocenters. The second-order valence-corrected chi connectivity index (χ2v) is 4.87. The fourth-order valence-electron chi connectivity index (χ4n) is 1.25. The Bertz CT molecular complexity index is 461. The summed E-state index contributed by atoms with van der Waals surface area (Å²) in [5, 5.41) is 8.30. The Morgan fingerprint density at radius 1 is 1.50 bits per heavy atom. The number of esters is 1. The van der Waals surface area contributed by atoms with Gasteiger partial charge in [0.1, 0.15) is 11.1 Å². The van der Waals surface area contributed by atoms with Crippen LogP contribution in [0.5, 0.6) is 0 Å². The Balaban J connectivity index is 2.82. The van der Waals surface area contributed by atoms with E-state index in [1.165, 1.54) is 12.1 Å². The summed E-state index contributed by atoms with van der Waals surface area (Å²) in [6.45, 7) is 3.63. The summed E-state index contributed by atoms with van der Waals surface area (Å²) in [6.07, 6.45) is 0. The van der Waals surface area contributed by atoms with Crippen LogP contribution in [-0.2, 0) is 9.53 Å². The Labute approximate surface area is 108 Å². The summed E-state index contributed by atoms with van der Waals surface area (Å²) >= 11 is 1.13. The highest BCUT2D eigenvalue weighted by atomic mass is 32.2. The third-order valence-electron chi connectivity index (χ3n) is 2.10. The number of carbonyl (C=O) groups is 2. The van der Waals surface area contributed by atoms with Crippen molar-refractivity contribution in [2.75, 3.05) is 6.61 Å². The van der Waals surface area contributed by atoms with Gasteiger partial charge in [-0.25, -0.2) is 9.18 Å². The molecule has 0 saturated heterocycles. The lowest BCUT2D eigenvalue weighted by atomic mass is 10.2. The number of carboxylic acid groups (broad SMARTS) is 1. The van der Waals surface area contributed by atoms with Crippen molar-refractivity contribution in [1.82, 2.24) is 0 Å². The van der Waals surface area contributed by atoms with Crippen LogP contribution in [0.25, 0.3) is 0 Å². The molecule has 0 saturated carbocycles. The molecule has 0 spiro atoms. The number of ether oxygens (including phenoxy) is 1. The van der Waals surface area contributed by atoms with Gasteiger partial charge >= 0.3 is 11.9 Å². The average Bonchev–Trinajstić information content (AvgIpc) is 2.31. The Morgan fingerprint density at radius 3 is 2.72 bits per heavy atom. The standard InChI is InChI=1S/C12H13FO4S/c1-3-17-12(16)7(2)18-8-4-5-10(13)9(6-8)11(14)15/h4-7H,3H2,1-2H3,(H,14,15). The Kier molecular flexibility index (Phi) is 5.15. The van der Waals surface area contributed by atoms with Gasteiger partial charge in [-0.1, -0.05) is 0 Å². The van der Waals surface area contributed by atoms with Gasteiger partial charge in [0.2, 0.25) is 0 Å². The van der Waals surface area contributed by atoms with Crippen molar-refractivity contribution in [2.45, 2.75) is 24.0 Å². The molecule has 1 aromatic carbocycles. The molecule has 0 aromatic heterocycles. The van der Waals surface area contributed by atoms with Gasteiger partial charge in [-0.15, -0.1) is 11.8 Å². The predicted molar refractivity (Wildman–Crippen MR) is 65.3 cm³/mol. The summed E-state index contributed by atoms with van der Waals surface area (Å²) in [6, 6.07) is 3.71. The first-order valence-corrected chi connectivity index (χ1v) is 6.19. The molecule has 1 atom stereocenters. The molecule has 0 aliphatic heterocycles. The number of aromatic carboxylic acids is 1. The van der Waals surface area contributed by atoms with Crippen LogP contribution in [0.2, 0.25) is 0 Å². The molecule has 4 nitrogen and oxygen atoms in total. The van der Waals surface area contributed by atoms with E-state index in [0.717, 1.165) is 17.8 Å². The number of halogens is 1. The minimum Gasteiger partial charge on any atom is -0.478 e. The van der Waals surface area contributed by atoms with Crippen molar-refractivity contribution in [3.63, 3.8) is 0 Å². The maximum Gasteiger partial charge on any atom is 0.338 e. The van der Waals surface area contributed by atoms with Crippen molar-refractivity contribution < 1.29 is 23.8 Å². The number of hydrogen-bond donors (Lipinski definition) is 1. The Hall–Kier alpha value is -1.56. The van der Waals surface area contributed by atoms with Crippen LogP contribution >= 0.6 is 11.8 Å². The van der Waals surface area contributed by atoms with E-state index < -0.39 is 22.6 Å². The number of thioether (sulfide) groups is 1. The maximum absolute atomic E-state index is 13.2. The van der Waals surface area contributed by atoms with Crippen LogP contribution in [0.4, 0.5) is 4.39 Å².